The summed E-state index contributed by atoms with van der Waals surface area (Å²) < 4.78 is 16.2. The molecular formula is C20H33N3O3. The highest BCUT2D eigenvalue weighted by Crippen LogP contribution is 2.43. The van der Waals surface area contributed by atoms with Crippen LogP contribution in [0.25, 0.3) is 0 Å². The average Bonchev–Trinajstić information content (AvgIpc) is 2.65. The molecule has 0 atom stereocenters. The molecule has 6 heteroatoms. The van der Waals surface area contributed by atoms with Crippen molar-refractivity contribution in [1.29, 1.82) is 0 Å². The van der Waals surface area contributed by atoms with E-state index in [0.29, 0.717) is 12.0 Å². The van der Waals surface area contributed by atoms with E-state index in [2.05, 4.69) is 15.6 Å². The molecule has 1 aliphatic carbocycles. The van der Waals surface area contributed by atoms with Crippen LogP contribution < -0.4 is 20.1 Å². The van der Waals surface area contributed by atoms with Crippen molar-refractivity contribution in [3.05, 3.63) is 24.3 Å². The Morgan fingerprint density at radius 3 is 2.62 bits per heavy atom. The number of methoxy groups -OCH3 is 2. The molecule has 146 valence electrons. The molecule has 0 bridgehead atoms. The van der Waals surface area contributed by atoms with Gasteiger partial charge in [-0.15, -0.1) is 0 Å². The Kier molecular flexibility index (Phi) is 8.54. The van der Waals surface area contributed by atoms with Crippen molar-refractivity contribution in [3.8, 4) is 11.5 Å². The van der Waals surface area contributed by atoms with E-state index in [9.17, 15) is 0 Å². The first-order valence-corrected chi connectivity index (χ1v) is 9.42. The summed E-state index contributed by atoms with van der Waals surface area (Å²) in [7, 11) is 5.24. The SMILES string of the molecule is CN=C(NCCCOc1cccc(OC)c1)NCC1(CCOC)CCC1. The zero-order chi connectivity index (χ0) is 18.7. The van der Waals surface area contributed by atoms with E-state index in [4.69, 9.17) is 14.2 Å². The van der Waals surface area contributed by atoms with Crippen LogP contribution in [0.15, 0.2) is 29.3 Å². The van der Waals surface area contributed by atoms with E-state index in [1.54, 1.807) is 14.2 Å². The predicted octanol–water partition coefficient (Wildman–Crippen LogP) is 2.84. The lowest BCUT2D eigenvalue weighted by atomic mass is 9.67. The number of aliphatic imine (C=N–C) groups is 1. The highest BCUT2D eigenvalue weighted by molar-refractivity contribution is 5.79. The standard InChI is InChI=1S/C20H33N3O3/c1-21-19(23-16-20(9-5-10-20)11-14-24-2)22-12-6-13-26-18-8-4-7-17(15-18)25-3/h4,7-8,15H,5-6,9-14,16H2,1-3H3,(H2,21,22,23). The molecule has 1 fully saturated rings. The molecule has 0 radical (unpaired) electrons. The van der Waals surface area contributed by atoms with Crippen LogP contribution >= 0.6 is 0 Å². The van der Waals surface area contributed by atoms with Crippen LogP contribution in [-0.2, 0) is 4.74 Å². The van der Waals surface area contributed by atoms with Gasteiger partial charge in [0, 0.05) is 39.9 Å². The van der Waals surface area contributed by atoms with Crippen LogP contribution in [0.5, 0.6) is 11.5 Å². The van der Waals surface area contributed by atoms with E-state index in [-0.39, 0.29) is 0 Å². The molecular weight excluding hydrogens is 330 g/mol. The second kappa shape index (κ2) is 10.9. The number of benzene rings is 1. The summed E-state index contributed by atoms with van der Waals surface area (Å²) in [5.41, 5.74) is 0.378. The maximum atomic E-state index is 5.75. The smallest absolute Gasteiger partial charge is 0.190 e. The van der Waals surface area contributed by atoms with Gasteiger partial charge in [-0.1, -0.05) is 12.5 Å². The topological polar surface area (TPSA) is 64.1 Å². The minimum Gasteiger partial charge on any atom is -0.497 e. The van der Waals surface area contributed by atoms with Gasteiger partial charge in [0.15, 0.2) is 5.96 Å². The first kappa shape index (κ1) is 20.4. The molecule has 0 unspecified atom stereocenters. The van der Waals surface area contributed by atoms with Crippen molar-refractivity contribution in [2.45, 2.75) is 32.1 Å². The van der Waals surface area contributed by atoms with Crippen LogP contribution in [0.4, 0.5) is 0 Å². The van der Waals surface area contributed by atoms with Crippen molar-refractivity contribution >= 4 is 5.96 Å². The highest BCUT2D eigenvalue weighted by atomic mass is 16.5. The normalized spacial score (nSPS) is 15.9. The molecule has 0 aromatic heterocycles. The molecule has 1 aromatic rings. The summed E-state index contributed by atoms with van der Waals surface area (Å²) in [5.74, 6) is 2.50. The van der Waals surface area contributed by atoms with Crippen molar-refractivity contribution < 1.29 is 14.2 Å². The Morgan fingerprint density at radius 1 is 1.15 bits per heavy atom. The van der Waals surface area contributed by atoms with Gasteiger partial charge >= 0.3 is 0 Å². The zero-order valence-corrected chi connectivity index (χ0v) is 16.3. The van der Waals surface area contributed by atoms with E-state index in [1.807, 2.05) is 31.3 Å². The van der Waals surface area contributed by atoms with E-state index in [1.165, 1.54) is 19.3 Å². The van der Waals surface area contributed by atoms with E-state index in [0.717, 1.165) is 50.0 Å². The lowest BCUT2D eigenvalue weighted by Gasteiger charge is -2.42. The van der Waals surface area contributed by atoms with E-state index < -0.39 is 0 Å². The predicted molar refractivity (Wildman–Crippen MR) is 105 cm³/mol. The second-order valence-corrected chi connectivity index (χ2v) is 6.83. The Hall–Kier alpha value is -1.95. The van der Waals surface area contributed by atoms with Crippen molar-refractivity contribution in [2.75, 3.05) is 47.6 Å². The van der Waals surface area contributed by atoms with Gasteiger partial charge in [0.05, 0.1) is 13.7 Å². The van der Waals surface area contributed by atoms with E-state index >= 15 is 0 Å². The Morgan fingerprint density at radius 2 is 1.96 bits per heavy atom. The number of ether oxygens (including phenoxy) is 3. The van der Waals surface area contributed by atoms with Gasteiger partial charge in [0.1, 0.15) is 11.5 Å². The van der Waals surface area contributed by atoms with Crippen molar-refractivity contribution in [2.24, 2.45) is 10.4 Å². The number of hydrogen-bond acceptors (Lipinski definition) is 4. The Balaban J connectivity index is 1.62. The fourth-order valence-corrected chi connectivity index (χ4v) is 3.16. The van der Waals surface area contributed by atoms with Gasteiger partial charge in [-0.3, -0.25) is 4.99 Å². The molecule has 2 rings (SSSR count). The number of rotatable bonds is 11. The Bertz CT molecular complexity index is 559. The summed E-state index contributed by atoms with van der Waals surface area (Å²) >= 11 is 0. The third kappa shape index (κ3) is 6.41. The van der Waals surface area contributed by atoms with Gasteiger partial charge in [0.2, 0.25) is 0 Å². The first-order valence-electron chi connectivity index (χ1n) is 9.42. The van der Waals surface area contributed by atoms with Crippen molar-refractivity contribution in [1.82, 2.24) is 10.6 Å². The summed E-state index contributed by atoms with van der Waals surface area (Å²) in [6.07, 6.45) is 5.87. The maximum Gasteiger partial charge on any atom is 0.190 e. The fourth-order valence-electron chi connectivity index (χ4n) is 3.16. The minimum absolute atomic E-state index is 0.378. The largest absolute Gasteiger partial charge is 0.497 e. The number of guanidine groups is 1. The zero-order valence-electron chi connectivity index (χ0n) is 16.3. The summed E-state index contributed by atoms with van der Waals surface area (Å²) in [6, 6.07) is 7.67. The molecule has 6 nitrogen and oxygen atoms in total. The van der Waals surface area contributed by atoms with Crippen LogP contribution in [0.1, 0.15) is 32.1 Å². The van der Waals surface area contributed by atoms with Crippen LogP contribution in [0.3, 0.4) is 0 Å². The highest BCUT2D eigenvalue weighted by Gasteiger charge is 2.36. The third-order valence-electron chi connectivity index (χ3n) is 5.03. The molecule has 26 heavy (non-hydrogen) atoms. The minimum atomic E-state index is 0.378. The van der Waals surface area contributed by atoms with Crippen LogP contribution in [0, 0.1) is 5.41 Å². The second-order valence-electron chi connectivity index (χ2n) is 6.83. The quantitative estimate of drug-likeness (QED) is 0.360. The van der Waals surface area contributed by atoms with Crippen molar-refractivity contribution in [3.63, 3.8) is 0 Å². The lowest BCUT2D eigenvalue weighted by Crippen LogP contribution is -2.47. The molecule has 1 aliphatic rings. The van der Waals surface area contributed by atoms with Gasteiger partial charge < -0.3 is 24.8 Å². The number of hydrogen-bond donors (Lipinski definition) is 2. The first-order chi connectivity index (χ1) is 12.7. The molecule has 0 heterocycles. The summed E-state index contributed by atoms with van der Waals surface area (Å²) in [6.45, 7) is 3.25. The van der Waals surface area contributed by atoms with Gasteiger partial charge in [-0.25, -0.2) is 0 Å². The van der Waals surface area contributed by atoms with Crippen LogP contribution in [0.2, 0.25) is 0 Å². The molecule has 0 amide bonds. The monoisotopic (exact) mass is 363 g/mol. The lowest BCUT2D eigenvalue weighted by molar-refractivity contribution is 0.0732. The number of nitrogens with one attached hydrogen (secondary N) is 2. The third-order valence-corrected chi connectivity index (χ3v) is 5.03. The van der Waals surface area contributed by atoms with Gasteiger partial charge in [0.25, 0.3) is 0 Å². The molecule has 0 saturated heterocycles. The van der Waals surface area contributed by atoms with Crippen LogP contribution in [-0.4, -0.2) is 53.5 Å². The van der Waals surface area contributed by atoms with Gasteiger partial charge in [-0.05, 0) is 43.2 Å². The maximum absolute atomic E-state index is 5.75. The molecule has 2 N–H and O–H groups in total. The molecule has 0 aliphatic heterocycles. The summed E-state index contributed by atoms with van der Waals surface area (Å²) in [5, 5.41) is 6.83. The molecule has 1 saturated carbocycles. The molecule has 0 spiro atoms. The number of nitrogens with zero attached hydrogens (tertiary/aromatic N) is 1. The summed E-state index contributed by atoms with van der Waals surface area (Å²) in [4.78, 5) is 4.31. The average molecular weight is 364 g/mol. The Labute approximate surface area is 157 Å². The fraction of sp³-hybridized carbons (Fsp3) is 0.650. The van der Waals surface area contributed by atoms with Gasteiger partial charge in [-0.2, -0.15) is 0 Å². The molecule has 1 aromatic carbocycles.